The van der Waals surface area contributed by atoms with E-state index in [1.54, 1.807) is 0 Å². The normalized spacial score (nSPS) is 12.1. The number of hydrogen-bond acceptors (Lipinski definition) is 0. The molecule has 3 heteroatoms. The molecule has 0 fully saturated rings. The topological polar surface area (TPSA) is 0 Å². The molecule has 0 heterocycles. The van der Waals surface area contributed by atoms with E-state index in [0.29, 0.717) is 0 Å². The van der Waals surface area contributed by atoms with Crippen LogP contribution in [0.5, 0.6) is 0 Å². The van der Waals surface area contributed by atoms with Crippen LogP contribution in [0.25, 0.3) is 27.5 Å². The van der Waals surface area contributed by atoms with Crippen molar-refractivity contribution in [3.05, 3.63) is 84.5 Å². The summed E-state index contributed by atoms with van der Waals surface area (Å²) in [6, 6.07) is 21.7. The van der Waals surface area contributed by atoms with Crippen LogP contribution < -0.4 is 24.8 Å². The fraction of sp³-hybridized carbons (Fsp3) is 0.0500. The molecule has 0 saturated carbocycles. The molecule has 0 spiro atoms. The fourth-order valence-electron chi connectivity index (χ4n) is 3.05. The minimum absolute atomic E-state index is 0. The van der Waals surface area contributed by atoms with Crippen molar-refractivity contribution in [1.82, 2.24) is 0 Å². The van der Waals surface area contributed by atoms with E-state index in [1.807, 2.05) is 0 Å². The van der Waals surface area contributed by atoms with Gasteiger partial charge in [-0.2, -0.15) is 0 Å². The van der Waals surface area contributed by atoms with E-state index in [2.05, 4.69) is 78.9 Å². The first-order valence-electron chi connectivity index (χ1n) is 7.03. The molecule has 0 radical (unpaired) electrons. The average Bonchev–Trinajstić information content (AvgIpc) is 3.14. The minimum Gasteiger partial charge on any atom is -1.00 e. The monoisotopic (exact) mass is 505 g/mol. The van der Waals surface area contributed by atoms with Crippen LogP contribution in [0.4, 0.5) is 0 Å². The Morgan fingerprint density at radius 3 is 2.22 bits per heavy atom. The van der Waals surface area contributed by atoms with Gasteiger partial charge in [0.15, 0.2) is 0 Å². The third kappa shape index (κ3) is 3.74. The first-order chi connectivity index (χ1) is 9.93. The molecule has 0 atom stereocenters. The van der Waals surface area contributed by atoms with Gasteiger partial charge >= 0.3 is 0 Å². The molecule has 0 unspecified atom stereocenters. The van der Waals surface area contributed by atoms with Gasteiger partial charge in [-0.3, -0.25) is 0 Å². The van der Waals surface area contributed by atoms with Gasteiger partial charge < -0.3 is 24.8 Å². The zero-order valence-electron chi connectivity index (χ0n) is 12.5. The van der Waals surface area contributed by atoms with Crippen LogP contribution in [-0.2, 0) is 25.8 Å². The van der Waals surface area contributed by atoms with E-state index in [0.717, 1.165) is 6.42 Å². The molecule has 116 valence electrons. The first kappa shape index (κ1) is 20.0. The average molecular weight is 505 g/mol. The molecule has 3 aromatic rings. The molecule has 0 nitrogen and oxygen atoms in total. The summed E-state index contributed by atoms with van der Waals surface area (Å²) < 4.78 is 0. The smallest absolute Gasteiger partial charge is 0 e. The summed E-state index contributed by atoms with van der Waals surface area (Å²) in [5.74, 6) is 0. The van der Waals surface area contributed by atoms with Crippen molar-refractivity contribution in [3.63, 3.8) is 0 Å². The number of halogens is 2. The summed E-state index contributed by atoms with van der Waals surface area (Å²) in [4.78, 5) is 0. The number of rotatable bonds is 2. The van der Waals surface area contributed by atoms with Gasteiger partial charge in [-0.05, 0) is 6.42 Å². The van der Waals surface area contributed by atoms with E-state index < -0.39 is 0 Å². The van der Waals surface area contributed by atoms with Crippen LogP contribution >= 0.6 is 0 Å². The third-order valence-corrected chi connectivity index (χ3v) is 3.98. The number of fused-ring (bicyclic) bond motifs is 1. The molecule has 23 heavy (non-hydrogen) atoms. The summed E-state index contributed by atoms with van der Waals surface area (Å²) in [5.41, 5.74) is 5.47. The van der Waals surface area contributed by atoms with Crippen LogP contribution in [0.1, 0.15) is 12.0 Å². The van der Waals surface area contributed by atoms with Crippen molar-refractivity contribution in [2.24, 2.45) is 0 Å². The predicted octanol–water partition coefficient (Wildman–Crippen LogP) is -0.425. The van der Waals surface area contributed by atoms with Crippen LogP contribution in [-0.4, -0.2) is 0 Å². The van der Waals surface area contributed by atoms with Gasteiger partial charge in [-0.15, -0.1) is 34.0 Å². The number of benzene rings is 2. The molecule has 0 N–H and O–H groups in total. The van der Waals surface area contributed by atoms with Crippen molar-refractivity contribution in [3.8, 4) is 11.1 Å². The maximum atomic E-state index is 2.32. The largest absolute Gasteiger partial charge is 1.00 e. The van der Waals surface area contributed by atoms with Crippen LogP contribution in [0.15, 0.2) is 78.9 Å². The molecule has 3 aromatic carbocycles. The van der Waals surface area contributed by atoms with Crippen molar-refractivity contribution in [2.75, 3.05) is 0 Å². The Morgan fingerprint density at radius 2 is 1.52 bits per heavy atom. The van der Waals surface area contributed by atoms with Gasteiger partial charge in [0.25, 0.3) is 0 Å². The number of hydrogen-bond donors (Lipinski definition) is 0. The third-order valence-electron chi connectivity index (χ3n) is 3.98. The predicted molar refractivity (Wildman–Crippen MR) is 86.7 cm³/mol. The summed E-state index contributed by atoms with van der Waals surface area (Å²) in [6.45, 7) is 0. The zero-order valence-corrected chi connectivity index (χ0v) is 17.6. The molecule has 1 aliphatic rings. The number of allylic oxidation sites excluding steroid dienone is 4. The van der Waals surface area contributed by atoms with Gasteiger partial charge in [0.05, 0.1) is 0 Å². The minimum atomic E-state index is 0. The molecular weight excluding hydrogens is 490 g/mol. The summed E-state index contributed by atoms with van der Waals surface area (Å²) in [7, 11) is 0. The van der Waals surface area contributed by atoms with Gasteiger partial charge in [0, 0.05) is 25.8 Å². The van der Waals surface area contributed by atoms with E-state index in [1.165, 1.54) is 33.0 Å². The fourth-order valence-corrected chi connectivity index (χ4v) is 3.05. The standard InChI is InChI=1S/C20H15.2ClH.Hf/c1-2-8-15(9-3-1)19-14-17-12-6-7-13-18(17)20(19)16-10-4-5-11-16;;;/h1-10,12-14H,11H2;2*1H;/q-1;;;/p-2. The van der Waals surface area contributed by atoms with Crippen molar-refractivity contribution in [2.45, 2.75) is 6.42 Å². The van der Waals surface area contributed by atoms with Crippen LogP contribution in [0.3, 0.4) is 0 Å². The summed E-state index contributed by atoms with van der Waals surface area (Å²) >= 11 is 0. The molecule has 0 bridgehead atoms. The molecule has 1 aliphatic carbocycles. The Labute approximate surface area is 168 Å². The van der Waals surface area contributed by atoms with Crippen molar-refractivity contribution >= 4 is 16.3 Å². The second-order valence-electron chi connectivity index (χ2n) is 5.21. The Balaban J connectivity index is 0.000000882. The Morgan fingerprint density at radius 1 is 0.826 bits per heavy atom. The van der Waals surface area contributed by atoms with Crippen molar-refractivity contribution < 1.29 is 50.7 Å². The SMILES string of the molecule is C1=CCC(c2c(-c3ccccc3)[cH-]c3ccccc23)=C1.[Cl-].[Cl-].[Hf]. The summed E-state index contributed by atoms with van der Waals surface area (Å²) in [5, 5.41) is 2.69. The Bertz CT molecular complexity index is 829. The molecular formula is C20H15Cl2Hf-3. The second-order valence-corrected chi connectivity index (χ2v) is 5.21. The quantitative estimate of drug-likeness (QED) is 0.329. The van der Waals surface area contributed by atoms with Crippen molar-refractivity contribution in [1.29, 1.82) is 0 Å². The van der Waals surface area contributed by atoms with Gasteiger partial charge in [0.1, 0.15) is 0 Å². The first-order valence-corrected chi connectivity index (χ1v) is 7.03. The second kappa shape index (κ2) is 8.73. The van der Waals surface area contributed by atoms with Gasteiger partial charge in [-0.25, -0.2) is 0 Å². The van der Waals surface area contributed by atoms with E-state index >= 15 is 0 Å². The van der Waals surface area contributed by atoms with E-state index in [9.17, 15) is 0 Å². The zero-order chi connectivity index (χ0) is 13.4. The van der Waals surface area contributed by atoms with Gasteiger partial charge in [0.2, 0.25) is 0 Å². The maximum Gasteiger partial charge on any atom is 0 e. The molecule has 0 amide bonds. The summed E-state index contributed by atoms with van der Waals surface area (Å²) in [6.07, 6.45) is 7.67. The Hall–Kier alpha value is -1.02. The molecule has 0 aliphatic heterocycles. The Kier molecular flexibility index (Phi) is 7.60. The molecule has 0 saturated heterocycles. The molecule has 0 aromatic heterocycles. The van der Waals surface area contributed by atoms with Crippen LogP contribution in [0.2, 0.25) is 0 Å². The van der Waals surface area contributed by atoms with E-state index in [4.69, 9.17) is 0 Å². The van der Waals surface area contributed by atoms with Crippen LogP contribution in [0, 0.1) is 0 Å². The molecule has 4 rings (SSSR count). The van der Waals surface area contributed by atoms with Gasteiger partial charge in [-0.1, -0.05) is 77.9 Å². The maximum absolute atomic E-state index is 2.32. The van der Waals surface area contributed by atoms with E-state index in [-0.39, 0.29) is 50.7 Å².